The van der Waals surface area contributed by atoms with E-state index in [9.17, 15) is 14.9 Å². The number of nitrogens with zero attached hydrogens (tertiary/aromatic N) is 5. The van der Waals surface area contributed by atoms with E-state index < -0.39 is 10.2 Å². The van der Waals surface area contributed by atoms with Crippen LogP contribution in [0.3, 0.4) is 0 Å². The van der Waals surface area contributed by atoms with Crippen LogP contribution in [0.4, 0.5) is 11.4 Å². The zero-order chi connectivity index (χ0) is 18.5. The molecule has 1 heterocycles. The first-order valence-corrected chi connectivity index (χ1v) is 9.42. The van der Waals surface area contributed by atoms with E-state index in [1.165, 1.54) is 36.4 Å². The van der Waals surface area contributed by atoms with E-state index in [-0.39, 0.29) is 17.6 Å². The highest BCUT2D eigenvalue weighted by molar-refractivity contribution is 8.00. The van der Waals surface area contributed by atoms with Crippen molar-refractivity contribution in [3.63, 3.8) is 0 Å². The van der Waals surface area contributed by atoms with Gasteiger partial charge in [0, 0.05) is 17.8 Å². The number of nitro groups is 1. The molecule has 138 valence electrons. The van der Waals surface area contributed by atoms with Gasteiger partial charge in [0.15, 0.2) is 0 Å². The quantitative estimate of drug-likeness (QED) is 0.467. The van der Waals surface area contributed by atoms with Crippen molar-refractivity contribution in [1.82, 2.24) is 20.2 Å². The summed E-state index contributed by atoms with van der Waals surface area (Å²) in [6, 6.07) is 6.16. The molecular weight excluding hydrogens is 356 g/mol. The van der Waals surface area contributed by atoms with Gasteiger partial charge in [-0.3, -0.25) is 14.9 Å². The Balaban J connectivity index is 1.64. The molecule has 1 unspecified atom stereocenters. The second-order valence-electron chi connectivity index (χ2n) is 6.25. The van der Waals surface area contributed by atoms with Crippen molar-refractivity contribution in [2.75, 3.05) is 5.32 Å². The van der Waals surface area contributed by atoms with E-state index in [2.05, 4.69) is 20.8 Å². The van der Waals surface area contributed by atoms with Gasteiger partial charge in [0.05, 0.1) is 16.2 Å². The number of carbonyl (C=O) groups excluding carboxylic acids is 1. The summed E-state index contributed by atoms with van der Waals surface area (Å²) in [5, 5.41) is 25.6. The van der Waals surface area contributed by atoms with Gasteiger partial charge in [-0.15, -0.1) is 5.10 Å². The molecule has 2 aromatic rings. The van der Waals surface area contributed by atoms with Crippen LogP contribution in [0.2, 0.25) is 0 Å². The van der Waals surface area contributed by atoms with Crippen LogP contribution >= 0.6 is 11.8 Å². The summed E-state index contributed by atoms with van der Waals surface area (Å²) < 4.78 is 1.82. The number of hydrogen-bond donors (Lipinski definition) is 1. The van der Waals surface area contributed by atoms with Gasteiger partial charge in [0.1, 0.15) is 0 Å². The Labute approximate surface area is 154 Å². The fourth-order valence-corrected chi connectivity index (χ4v) is 3.83. The number of anilines is 1. The van der Waals surface area contributed by atoms with Crippen LogP contribution in [0.15, 0.2) is 29.4 Å². The monoisotopic (exact) mass is 376 g/mol. The van der Waals surface area contributed by atoms with Crippen LogP contribution in [0.5, 0.6) is 0 Å². The molecular formula is C16H20N6O3S. The van der Waals surface area contributed by atoms with Crippen molar-refractivity contribution in [3.05, 3.63) is 34.4 Å². The van der Waals surface area contributed by atoms with Crippen LogP contribution in [-0.4, -0.2) is 36.3 Å². The van der Waals surface area contributed by atoms with E-state index in [0.717, 1.165) is 25.7 Å². The number of hydrogen-bond acceptors (Lipinski definition) is 7. The topological polar surface area (TPSA) is 116 Å². The van der Waals surface area contributed by atoms with Gasteiger partial charge in [0.25, 0.3) is 5.69 Å². The fourth-order valence-electron chi connectivity index (χ4n) is 2.97. The van der Waals surface area contributed by atoms with Gasteiger partial charge < -0.3 is 5.32 Å². The summed E-state index contributed by atoms with van der Waals surface area (Å²) in [4.78, 5) is 22.8. The third kappa shape index (κ3) is 4.37. The Hall–Kier alpha value is -2.49. The molecule has 1 fully saturated rings. The third-order valence-corrected chi connectivity index (χ3v) is 5.41. The minimum Gasteiger partial charge on any atom is -0.325 e. The van der Waals surface area contributed by atoms with E-state index in [1.807, 2.05) is 4.68 Å². The highest BCUT2D eigenvalue weighted by Gasteiger charge is 2.24. The molecule has 1 aromatic carbocycles. The van der Waals surface area contributed by atoms with Crippen molar-refractivity contribution in [2.24, 2.45) is 0 Å². The summed E-state index contributed by atoms with van der Waals surface area (Å²) in [5.41, 5.74) is 0.327. The highest BCUT2D eigenvalue weighted by Crippen LogP contribution is 2.31. The van der Waals surface area contributed by atoms with Gasteiger partial charge in [-0.1, -0.05) is 37.1 Å². The van der Waals surface area contributed by atoms with Crippen LogP contribution in [-0.2, 0) is 4.79 Å². The van der Waals surface area contributed by atoms with E-state index in [1.54, 1.807) is 13.0 Å². The predicted octanol–water partition coefficient (Wildman–Crippen LogP) is 3.21. The number of benzene rings is 1. The minimum atomic E-state index is -0.494. The highest BCUT2D eigenvalue weighted by atomic mass is 32.2. The number of aromatic nitrogens is 4. The zero-order valence-corrected chi connectivity index (χ0v) is 15.2. The number of amides is 1. The SMILES string of the molecule is CC(Sc1nnnn1C1CCCCC1)C(=O)Nc1cccc([N+](=O)[O-])c1. The maximum Gasteiger partial charge on any atom is 0.271 e. The maximum absolute atomic E-state index is 12.4. The lowest BCUT2D eigenvalue weighted by atomic mass is 9.96. The van der Waals surface area contributed by atoms with Crippen molar-refractivity contribution >= 4 is 29.0 Å². The Morgan fingerprint density at radius 3 is 2.88 bits per heavy atom. The smallest absolute Gasteiger partial charge is 0.271 e. The summed E-state index contributed by atoms with van der Waals surface area (Å²) >= 11 is 1.29. The summed E-state index contributed by atoms with van der Waals surface area (Å²) in [6.45, 7) is 1.76. The third-order valence-electron chi connectivity index (χ3n) is 4.36. The number of rotatable bonds is 6. The number of nitrogens with one attached hydrogen (secondary N) is 1. The summed E-state index contributed by atoms with van der Waals surface area (Å²) in [6.07, 6.45) is 5.66. The molecule has 1 atom stereocenters. The average molecular weight is 376 g/mol. The van der Waals surface area contributed by atoms with Crippen LogP contribution < -0.4 is 5.32 Å². The largest absolute Gasteiger partial charge is 0.325 e. The molecule has 10 heteroatoms. The Morgan fingerprint density at radius 1 is 1.38 bits per heavy atom. The lowest BCUT2D eigenvalue weighted by molar-refractivity contribution is -0.384. The van der Waals surface area contributed by atoms with E-state index in [4.69, 9.17) is 0 Å². The van der Waals surface area contributed by atoms with E-state index in [0.29, 0.717) is 10.8 Å². The van der Waals surface area contributed by atoms with E-state index >= 15 is 0 Å². The molecule has 9 nitrogen and oxygen atoms in total. The molecule has 0 saturated heterocycles. The second-order valence-corrected chi connectivity index (χ2v) is 7.56. The Bertz CT molecular complexity index is 790. The van der Waals surface area contributed by atoms with Crippen molar-refractivity contribution in [3.8, 4) is 0 Å². The first-order chi connectivity index (χ1) is 12.5. The fraction of sp³-hybridized carbons (Fsp3) is 0.500. The maximum atomic E-state index is 12.4. The first-order valence-electron chi connectivity index (χ1n) is 8.54. The molecule has 0 radical (unpaired) electrons. The van der Waals surface area contributed by atoms with Gasteiger partial charge >= 0.3 is 0 Å². The standard InChI is InChI=1S/C16H20N6O3S/c1-11(15(23)17-12-6-5-9-14(10-12)22(24)25)26-16-18-19-20-21(16)13-7-3-2-4-8-13/h5-6,9-11,13H,2-4,7-8H2,1H3,(H,17,23). The normalized spacial score (nSPS) is 16.2. The molecule has 1 aliphatic carbocycles. The molecule has 0 aliphatic heterocycles. The predicted molar refractivity (Wildman–Crippen MR) is 97.0 cm³/mol. The molecule has 1 saturated carbocycles. The molecule has 1 N–H and O–H groups in total. The first kappa shape index (κ1) is 18.3. The van der Waals surface area contributed by atoms with Crippen molar-refractivity contribution < 1.29 is 9.72 Å². The average Bonchev–Trinajstić information content (AvgIpc) is 3.10. The number of tetrazole rings is 1. The molecule has 1 amide bonds. The Kier molecular flexibility index (Phi) is 5.82. The second kappa shape index (κ2) is 8.26. The zero-order valence-electron chi connectivity index (χ0n) is 14.4. The van der Waals surface area contributed by atoms with Crippen LogP contribution in [0.25, 0.3) is 0 Å². The minimum absolute atomic E-state index is 0.0654. The molecule has 1 aromatic heterocycles. The van der Waals surface area contributed by atoms with Crippen molar-refractivity contribution in [1.29, 1.82) is 0 Å². The molecule has 0 bridgehead atoms. The van der Waals surface area contributed by atoms with Gasteiger partial charge in [-0.25, -0.2) is 4.68 Å². The molecule has 26 heavy (non-hydrogen) atoms. The van der Waals surface area contributed by atoms with Crippen molar-refractivity contribution in [2.45, 2.75) is 55.5 Å². The Morgan fingerprint density at radius 2 is 2.15 bits per heavy atom. The molecule has 0 spiro atoms. The lowest BCUT2D eigenvalue weighted by Gasteiger charge is -2.22. The number of carbonyl (C=O) groups is 1. The van der Waals surface area contributed by atoms with Gasteiger partial charge in [-0.2, -0.15) is 0 Å². The van der Waals surface area contributed by atoms with Crippen LogP contribution in [0.1, 0.15) is 45.1 Å². The number of nitro benzene ring substituents is 1. The summed E-state index contributed by atoms with van der Waals surface area (Å²) in [7, 11) is 0. The van der Waals surface area contributed by atoms with Crippen LogP contribution in [0, 0.1) is 10.1 Å². The summed E-state index contributed by atoms with van der Waals surface area (Å²) in [5.74, 6) is -0.256. The molecule has 1 aliphatic rings. The van der Waals surface area contributed by atoms with Gasteiger partial charge in [0.2, 0.25) is 11.1 Å². The lowest BCUT2D eigenvalue weighted by Crippen LogP contribution is -2.23. The number of thioether (sulfide) groups is 1. The van der Waals surface area contributed by atoms with Gasteiger partial charge in [-0.05, 0) is 36.3 Å². The molecule has 3 rings (SSSR count). The number of non-ortho nitro benzene ring substituents is 1.